The summed E-state index contributed by atoms with van der Waals surface area (Å²) in [7, 11) is -0.847. The molecule has 1 aliphatic heterocycles. The van der Waals surface area contributed by atoms with Gasteiger partial charge in [-0.3, -0.25) is 14.4 Å². The Kier molecular flexibility index (Phi) is 5.04. The molecule has 1 rings (SSSR count). The SMILES string of the molecule is CN(C)C(=O)CS(=O)(=O)CC(=O)N1CCC(=O)CC1. The Balaban J connectivity index is 2.56. The van der Waals surface area contributed by atoms with Gasteiger partial charge in [-0.1, -0.05) is 0 Å². The van der Waals surface area contributed by atoms with Crippen LogP contribution in [0, 0.1) is 0 Å². The molecule has 0 aromatic carbocycles. The maximum atomic E-state index is 11.8. The van der Waals surface area contributed by atoms with Crippen LogP contribution in [-0.2, 0) is 24.2 Å². The number of likely N-dealkylation sites (tertiary alicyclic amines) is 1. The molecule has 1 aliphatic rings. The van der Waals surface area contributed by atoms with Crippen molar-refractivity contribution in [3.8, 4) is 0 Å². The lowest BCUT2D eigenvalue weighted by Crippen LogP contribution is -2.42. The molecule has 108 valence electrons. The maximum absolute atomic E-state index is 11.8. The van der Waals surface area contributed by atoms with E-state index >= 15 is 0 Å². The van der Waals surface area contributed by atoms with Crippen molar-refractivity contribution in [3.05, 3.63) is 0 Å². The lowest BCUT2D eigenvalue weighted by Gasteiger charge is -2.25. The Morgan fingerprint density at radius 3 is 2.16 bits per heavy atom. The number of sulfone groups is 1. The van der Waals surface area contributed by atoms with E-state index in [1.165, 1.54) is 23.9 Å². The number of ketones is 1. The number of carbonyl (C=O) groups excluding carboxylic acids is 3. The number of amides is 2. The average molecular weight is 290 g/mol. The molecule has 1 saturated heterocycles. The average Bonchev–Trinajstić information content (AvgIpc) is 2.28. The monoisotopic (exact) mass is 290 g/mol. The van der Waals surface area contributed by atoms with E-state index in [0.717, 1.165) is 0 Å². The van der Waals surface area contributed by atoms with E-state index in [1.807, 2.05) is 0 Å². The number of nitrogens with zero attached hydrogens (tertiary/aromatic N) is 2. The summed E-state index contributed by atoms with van der Waals surface area (Å²) < 4.78 is 23.4. The number of hydrogen-bond donors (Lipinski definition) is 0. The molecule has 0 unspecified atom stereocenters. The van der Waals surface area contributed by atoms with Gasteiger partial charge in [-0.2, -0.15) is 0 Å². The van der Waals surface area contributed by atoms with E-state index in [2.05, 4.69) is 0 Å². The molecule has 0 radical (unpaired) electrons. The topological polar surface area (TPSA) is 91.8 Å². The van der Waals surface area contributed by atoms with Gasteiger partial charge >= 0.3 is 0 Å². The van der Waals surface area contributed by atoms with Gasteiger partial charge in [-0.15, -0.1) is 0 Å². The van der Waals surface area contributed by atoms with Crippen molar-refractivity contribution in [1.29, 1.82) is 0 Å². The van der Waals surface area contributed by atoms with Crippen molar-refractivity contribution in [2.45, 2.75) is 12.8 Å². The van der Waals surface area contributed by atoms with E-state index in [1.54, 1.807) is 0 Å². The predicted molar refractivity (Wildman–Crippen MR) is 68.2 cm³/mol. The van der Waals surface area contributed by atoms with E-state index < -0.39 is 33.2 Å². The van der Waals surface area contributed by atoms with Gasteiger partial charge in [0.2, 0.25) is 11.8 Å². The Hall–Kier alpha value is -1.44. The first kappa shape index (κ1) is 15.6. The van der Waals surface area contributed by atoms with Crippen LogP contribution in [0.3, 0.4) is 0 Å². The molecule has 0 aromatic heterocycles. The van der Waals surface area contributed by atoms with E-state index in [9.17, 15) is 22.8 Å². The van der Waals surface area contributed by atoms with E-state index in [0.29, 0.717) is 0 Å². The van der Waals surface area contributed by atoms with Crippen LogP contribution >= 0.6 is 0 Å². The van der Waals surface area contributed by atoms with Gasteiger partial charge in [0.25, 0.3) is 0 Å². The molecule has 0 aliphatic carbocycles. The minimum absolute atomic E-state index is 0.0784. The molecule has 2 amide bonds. The van der Waals surface area contributed by atoms with Crippen molar-refractivity contribution in [3.63, 3.8) is 0 Å². The summed E-state index contributed by atoms with van der Waals surface area (Å²) in [6.07, 6.45) is 0.533. The summed E-state index contributed by atoms with van der Waals surface area (Å²) in [6.45, 7) is 0.517. The Morgan fingerprint density at radius 1 is 1.16 bits per heavy atom. The zero-order chi connectivity index (χ0) is 14.6. The third kappa shape index (κ3) is 4.98. The molecule has 0 bridgehead atoms. The van der Waals surface area contributed by atoms with Gasteiger partial charge in [0, 0.05) is 40.0 Å². The summed E-state index contributed by atoms with van der Waals surface area (Å²) in [5.41, 5.74) is 0. The quantitative estimate of drug-likeness (QED) is 0.640. The first-order valence-electron chi connectivity index (χ1n) is 5.91. The van der Waals surface area contributed by atoms with Crippen LogP contribution in [0.4, 0.5) is 0 Å². The fourth-order valence-corrected chi connectivity index (χ4v) is 2.95. The third-order valence-electron chi connectivity index (χ3n) is 2.86. The van der Waals surface area contributed by atoms with Crippen LogP contribution in [0.2, 0.25) is 0 Å². The molecule has 0 atom stereocenters. The zero-order valence-electron chi connectivity index (χ0n) is 11.1. The van der Waals surface area contributed by atoms with Crippen molar-refractivity contribution < 1.29 is 22.8 Å². The number of piperidine rings is 1. The highest BCUT2D eigenvalue weighted by molar-refractivity contribution is 7.92. The van der Waals surface area contributed by atoms with Crippen LogP contribution < -0.4 is 0 Å². The largest absolute Gasteiger partial charge is 0.348 e. The summed E-state index contributed by atoms with van der Waals surface area (Å²) in [6, 6.07) is 0. The molecule has 1 fully saturated rings. The van der Waals surface area contributed by atoms with Crippen LogP contribution in [-0.4, -0.2) is 74.5 Å². The van der Waals surface area contributed by atoms with Crippen molar-refractivity contribution in [2.75, 3.05) is 38.7 Å². The van der Waals surface area contributed by atoms with E-state index in [-0.39, 0.29) is 31.7 Å². The molecule has 0 saturated carbocycles. The summed E-state index contributed by atoms with van der Waals surface area (Å²) in [5.74, 6) is -2.37. The fraction of sp³-hybridized carbons (Fsp3) is 0.727. The number of rotatable bonds is 4. The Labute approximate surface area is 112 Å². The smallest absolute Gasteiger partial charge is 0.237 e. The van der Waals surface area contributed by atoms with Gasteiger partial charge in [-0.05, 0) is 0 Å². The van der Waals surface area contributed by atoms with Crippen LogP contribution in [0.25, 0.3) is 0 Å². The predicted octanol–water partition coefficient (Wildman–Crippen LogP) is -1.32. The van der Waals surface area contributed by atoms with Crippen molar-refractivity contribution >= 4 is 27.4 Å². The first-order chi connectivity index (χ1) is 8.71. The highest BCUT2D eigenvalue weighted by Gasteiger charge is 2.27. The normalized spacial score (nSPS) is 16.3. The molecule has 0 N–H and O–H groups in total. The molecule has 19 heavy (non-hydrogen) atoms. The number of Topliss-reactive ketones (excluding diaryl/α,β-unsaturated/α-hetero) is 1. The van der Waals surface area contributed by atoms with Gasteiger partial charge in [0.15, 0.2) is 9.84 Å². The van der Waals surface area contributed by atoms with E-state index in [4.69, 9.17) is 0 Å². The van der Waals surface area contributed by atoms with Crippen LogP contribution in [0.1, 0.15) is 12.8 Å². The van der Waals surface area contributed by atoms with Crippen molar-refractivity contribution in [1.82, 2.24) is 9.80 Å². The highest BCUT2D eigenvalue weighted by atomic mass is 32.2. The molecular weight excluding hydrogens is 272 g/mol. The third-order valence-corrected chi connectivity index (χ3v) is 4.23. The summed E-state index contributed by atoms with van der Waals surface area (Å²) >= 11 is 0. The number of carbonyl (C=O) groups is 3. The fourth-order valence-electron chi connectivity index (χ4n) is 1.65. The molecule has 0 aromatic rings. The van der Waals surface area contributed by atoms with Gasteiger partial charge in [0.1, 0.15) is 17.3 Å². The van der Waals surface area contributed by atoms with Gasteiger partial charge < -0.3 is 9.80 Å². The lowest BCUT2D eigenvalue weighted by molar-refractivity contribution is -0.132. The Morgan fingerprint density at radius 2 is 1.68 bits per heavy atom. The second-order valence-electron chi connectivity index (χ2n) is 4.74. The minimum Gasteiger partial charge on any atom is -0.348 e. The number of hydrogen-bond acceptors (Lipinski definition) is 5. The second-order valence-corrected chi connectivity index (χ2v) is 6.80. The lowest BCUT2D eigenvalue weighted by atomic mass is 10.1. The van der Waals surface area contributed by atoms with Crippen LogP contribution in [0.5, 0.6) is 0 Å². The molecular formula is C11H18N2O5S. The zero-order valence-corrected chi connectivity index (χ0v) is 11.9. The van der Waals surface area contributed by atoms with Crippen molar-refractivity contribution in [2.24, 2.45) is 0 Å². The molecule has 0 spiro atoms. The first-order valence-corrected chi connectivity index (χ1v) is 7.73. The summed E-state index contributed by atoms with van der Waals surface area (Å²) in [5, 5.41) is 0. The van der Waals surface area contributed by atoms with Gasteiger partial charge in [0.05, 0.1) is 0 Å². The molecule has 7 nitrogen and oxygen atoms in total. The van der Waals surface area contributed by atoms with Crippen LogP contribution in [0.15, 0.2) is 0 Å². The second kappa shape index (κ2) is 6.14. The highest BCUT2D eigenvalue weighted by Crippen LogP contribution is 2.07. The molecule has 8 heteroatoms. The maximum Gasteiger partial charge on any atom is 0.237 e. The molecule has 1 heterocycles. The summed E-state index contributed by atoms with van der Waals surface area (Å²) in [4.78, 5) is 36.7. The standard InChI is InChI=1S/C11H18N2O5S/c1-12(2)10(15)7-19(17,18)8-11(16)13-5-3-9(14)4-6-13/h3-8H2,1-2H3. The van der Waals surface area contributed by atoms with Gasteiger partial charge in [-0.25, -0.2) is 8.42 Å². The Bertz CT molecular complexity index is 473. The minimum atomic E-state index is -3.76.